The number of amides is 1. The lowest BCUT2D eigenvalue weighted by Gasteiger charge is -2.31. The Kier molecular flexibility index (Phi) is 8.57. The Labute approximate surface area is 222 Å². The second-order valence-corrected chi connectivity index (χ2v) is 10.9. The van der Waals surface area contributed by atoms with Gasteiger partial charge < -0.3 is 5.73 Å². The fourth-order valence-corrected chi connectivity index (χ4v) is 5.67. The first-order valence-corrected chi connectivity index (χ1v) is 13.9. The molecule has 10 nitrogen and oxygen atoms in total. The monoisotopic (exact) mass is 543 g/mol. The molecule has 0 aliphatic carbocycles. The number of hydrazone groups is 1. The molecule has 12 heteroatoms. The lowest BCUT2D eigenvalue weighted by atomic mass is 9.86. The van der Waals surface area contributed by atoms with E-state index in [1.807, 2.05) is 42.5 Å². The van der Waals surface area contributed by atoms with E-state index in [4.69, 9.17) is 22.4 Å². The van der Waals surface area contributed by atoms with Gasteiger partial charge in [-0.15, -0.1) is 4.40 Å². The molecule has 0 radical (unpaired) electrons. The first-order valence-electron chi connectivity index (χ1n) is 12.1. The zero-order valence-corrected chi connectivity index (χ0v) is 22.1. The van der Waals surface area contributed by atoms with Crippen LogP contribution in [-0.2, 0) is 15.0 Å². The number of guanidine groups is 2. The molecule has 0 saturated carbocycles. The van der Waals surface area contributed by atoms with Crippen LogP contribution in [0.2, 0.25) is 5.02 Å². The summed E-state index contributed by atoms with van der Waals surface area (Å²) in [6, 6.07) is 17.3. The molecule has 1 atom stereocenters. The van der Waals surface area contributed by atoms with Crippen LogP contribution in [-0.4, -0.2) is 60.9 Å². The molecule has 1 unspecified atom stereocenters. The smallest absolute Gasteiger partial charge is 0.325 e. The molecule has 0 aromatic heterocycles. The minimum Gasteiger partial charge on any atom is -0.369 e. The summed E-state index contributed by atoms with van der Waals surface area (Å²) < 4.78 is 31.7. The number of carbonyl (C=O) groups excluding carboxylic acids is 1. The summed E-state index contributed by atoms with van der Waals surface area (Å²) in [4.78, 5) is 15.7. The highest BCUT2D eigenvalue weighted by Crippen LogP contribution is 2.30. The standard InChI is InChI=1S/C25H30ClN7O3S/c1-18(34)28-24(27)29-25(31-37(35,36)32-15-6-3-7-16-32)33-17-14-22(19-8-4-2-5-9-19)23(30-33)20-10-12-21(26)13-11-20/h2,4-5,8-13,22H,3,6-7,14-17H2,1H3,(H3,27,28,29,31,34). The van der Waals surface area contributed by atoms with Gasteiger partial charge in [-0.3, -0.25) is 10.1 Å². The van der Waals surface area contributed by atoms with Crippen LogP contribution in [0.15, 0.2) is 69.1 Å². The van der Waals surface area contributed by atoms with Crippen molar-refractivity contribution in [3.8, 4) is 0 Å². The number of nitrogens with two attached hydrogens (primary N) is 1. The fourth-order valence-electron chi connectivity index (χ4n) is 4.37. The number of piperidine rings is 1. The first-order chi connectivity index (χ1) is 17.7. The van der Waals surface area contributed by atoms with Crippen LogP contribution in [0, 0.1) is 0 Å². The summed E-state index contributed by atoms with van der Waals surface area (Å²) in [6.07, 6.45) is 3.12. The predicted octanol–water partition coefficient (Wildman–Crippen LogP) is 3.07. The molecule has 37 heavy (non-hydrogen) atoms. The van der Waals surface area contributed by atoms with E-state index in [0.717, 1.165) is 30.4 Å². The maximum absolute atomic E-state index is 13.2. The van der Waals surface area contributed by atoms with E-state index in [1.165, 1.54) is 16.2 Å². The summed E-state index contributed by atoms with van der Waals surface area (Å²) in [5.41, 5.74) is 8.53. The number of aliphatic imine (C=N–C) groups is 1. The number of nitrogens with zero attached hydrogens (tertiary/aromatic N) is 5. The van der Waals surface area contributed by atoms with Crippen molar-refractivity contribution in [1.29, 1.82) is 0 Å². The number of rotatable bonds is 4. The molecule has 2 aliphatic rings. The Morgan fingerprint density at radius 3 is 2.38 bits per heavy atom. The van der Waals surface area contributed by atoms with Crippen molar-refractivity contribution in [2.75, 3.05) is 19.6 Å². The van der Waals surface area contributed by atoms with Crippen molar-refractivity contribution in [3.63, 3.8) is 0 Å². The van der Waals surface area contributed by atoms with Gasteiger partial charge in [0.1, 0.15) is 0 Å². The Balaban J connectivity index is 1.79. The molecular weight excluding hydrogens is 514 g/mol. The Hall–Kier alpha value is -3.28. The van der Waals surface area contributed by atoms with Gasteiger partial charge >= 0.3 is 10.2 Å². The normalized spacial score (nSPS) is 19.9. The average Bonchev–Trinajstić information content (AvgIpc) is 2.89. The predicted molar refractivity (Wildman–Crippen MR) is 146 cm³/mol. The highest BCUT2D eigenvalue weighted by atomic mass is 35.5. The maximum atomic E-state index is 13.2. The molecule has 2 aromatic rings. The van der Waals surface area contributed by atoms with Crippen LogP contribution in [0.4, 0.5) is 0 Å². The quantitative estimate of drug-likeness (QED) is 0.451. The summed E-state index contributed by atoms with van der Waals surface area (Å²) in [7, 11) is -4.04. The third kappa shape index (κ3) is 6.94. The van der Waals surface area contributed by atoms with Gasteiger partial charge in [-0.2, -0.15) is 22.8 Å². The zero-order valence-electron chi connectivity index (χ0n) is 20.5. The molecule has 1 saturated heterocycles. The van der Waals surface area contributed by atoms with Crippen LogP contribution in [0.1, 0.15) is 49.7 Å². The zero-order chi connectivity index (χ0) is 26.4. The van der Waals surface area contributed by atoms with Gasteiger partial charge in [0.15, 0.2) is 0 Å². The fraction of sp³-hybridized carbons (Fsp3) is 0.360. The topological polar surface area (TPSA) is 133 Å². The second-order valence-electron chi connectivity index (χ2n) is 8.87. The molecule has 2 aromatic carbocycles. The van der Waals surface area contributed by atoms with Gasteiger partial charge in [0, 0.05) is 37.5 Å². The molecule has 2 aliphatic heterocycles. The molecule has 1 fully saturated rings. The molecule has 2 heterocycles. The van der Waals surface area contributed by atoms with Crippen molar-refractivity contribution in [3.05, 3.63) is 70.7 Å². The number of nitrogens with one attached hydrogen (secondary N) is 1. The number of halogens is 1. The van der Waals surface area contributed by atoms with Gasteiger partial charge in [-0.05, 0) is 42.5 Å². The van der Waals surface area contributed by atoms with Crippen molar-refractivity contribution in [1.82, 2.24) is 14.6 Å². The van der Waals surface area contributed by atoms with Gasteiger partial charge in [-0.1, -0.05) is 60.5 Å². The summed E-state index contributed by atoms with van der Waals surface area (Å²) in [6.45, 7) is 2.40. The number of hydrogen-bond donors (Lipinski definition) is 2. The minimum absolute atomic E-state index is 0.0461. The van der Waals surface area contributed by atoms with Crippen LogP contribution in [0.25, 0.3) is 0 Å². The molecule has 0 spiro atoms. The number of hydrogen-bond acceptors (Lipinski definition) is 4. The summed E-state index contributed by atoms with van der Waals surface area (Å²) in [5, 5.41) is 9.21. The van der Waals surface area contributed by atoms with E-state index in [1.54, 1.807) is 12.1 Å². The van der Waals surface area contributed by atoms with Gasteiger partial charge in [0.05, 0.1) is 5.71 Å². The lowest BCUT2D eigenvalue weighted by Crippen LogP contribution is -2.41. The Morgan fingerprint density at radius 2 is 1.73 bits per heavy atom. The van der Waals surface area contributed by atoms with Crippen molar-refractivity contribution in [2.45, 2.75) is 38.5 Å². The van der Waals surface area contributed by atoms with E-state index in [9.17, 15) is 13.2 Å². The van der Waals surface area contributed by atoms with Crippen molar-refractivity contribution in [2.24, 2.45) is 20.2 Å². The number of carbonyl (C=O) groups is 1. The van der Waals surface area contributed by atoms with Crippen LogP contribution in [0.3, 0.4) is 0 Å². The maximum Gasteiger partial charge on any atom is 0.325 e. The molecule has 0 bridgehead atoms. The Bertz CT molecular complexity index is 1310. The summed E-state index contributed by atoms with van der Waals surface area (Å²) in [5.74, 6) is -0.966. The minimum atomic E-state index is -4.04. The van der Waals surface area contributed by atoms with Gasteiger partial charge in [0.25, 0.3) is 5.96 Å². The number of benzene rings is 2. The average molecular weight is 544 g/mol. The third-order valence-electron chi connectivity index (χ3n) is 6.12. The third-order valence-corrected chi connectivity index (χ3v) is 7.79. The van der Waals surface area contributed by atoms with Gasteiger partial charge in [-0.25, -0.2) is 5.01 Å². The molecule has 3 N–H and O–H groups in total. The van der Waals surface area contributed by atoms with Gasteiger partial charge in [0.2, 0.25) is 11.9 Å². The van der Waals surface area contributed by atoms with Crippen LogP contribution < -0.4 is 11.1 Å². The first kappa shape index (κ1) is 26.8. The van der Waals surface area contributed by atoms with E-state index in [-0.39, 0.29) is 17.8 Å². The highest BCUT2D eigenvalue weighted by Gasteiger charge is 2.30. The Morgan fingerprint density at radius 1 is 1.05 bits per heavy atom. The molecule has 4 rings (SSSR count). The van der Waals surface area contributed by atoms with E-state index in [0.29, 0.717) is 36.8 Å². The summed E-state index contributed by atoms with van der Waals surface area (Å²) >= 11 is 6.12. The van der Waals surface area contributed by atoms with Crippen molar-refractivity contribution < 1.29 is 13.2 Å². The lowest BCUT2D eigenvalue weighted by molar-refractivity contribution is -0.117. The largest absolute Gasteiger partial charge is 0.369 e. The second kappa shape index (κ2) is 11.8. The molecule has 196 valence electrons. The highest BCUT2D eigenvalue weighted by molar-refractivity contribution is 7.87. The van der Waals surface area contributed by atoms with E-state index in [2.05, 4.69) is 14.7 Å². The SMILES string of the molecule is CC(=O)NC(N)=NC(=NS(=O)(=O)N1CCCCC1)N1CCC(c2ccccc2)C(c2ccc(Cl)cc2)=N1. The molecular formula is C25H30ClN7O3S. The van der Waals surface area contributed by atoms with Crippen LogP contribution >= 0.6 is 11.6 Å². The van der Waals surface area contributed by atoms with E-state index >= 15 is 0 Å². The van der Waals surface area contributed by atoms with E-state index < -0.39 is 16.1 Å². The van der Waals surface area contributed by atoms with Crippen LogP contribution in [0.5, 0.6) is 0 Å². The molecule has 1 amide bonds. The van der Waals surface area contributed by atoms with Crippen molar-refractivity contribution >= 4 is 45.3 Å².